The van der Waals surface area contributed by atoms with E-state index < -0.39 is 23.4 Å². The number of benzene rings is 1. The fraction of sp³-hybridized carbons (Fsp3) is 0.467. The van der Waals surface area contributed by atoms with Crippen molar-refractivity contribution in [2.75, 3.05) is 5.32 Å². The lowest BCUT2D eigenvalue weighted by Crippen LogP contribution is -2.40. The number of hydrogen-bond acceptors (Lipinski definition) is 2. The molecule has 6 heteroatoms. The zero-order valence-corrected chi connectivity index (χ0v) is 12.0. The summed E-state index contributed by atoms with van der Waals surface area (Å²) < 4.78 is 13.5. The van der Waals surface area contributed by atoms with Crippen molar-refractivity contribution in [1.29, 1.82) is 0 Å². The largest absolute Gasteiger partial charge is 0.478 e. The van der Waals surface area contributed by atoms with Crippen LogP contribution in [0.15, 0.2) is 18.2 Å². The number of rotatable bonds is 3. The first kappa shape index (κ1) is 15.3. The Bertz CT molecular complexity index is 562. The standard InChI is InChI=1S/C15H19FN2O3/c1-8-6-7-11(9(8)2)17-15(21)18-12-5-3-4-10(16)13(12)14(19)20/h3-5,8-9,11H,6-7H2,1-2H3,(H,19,20)(H2,17,18,21). The van der Waals surface area contributed by atoms with Crippen LogP contribution >= 0.6 is 0 Å². The number of carboxylic acid groups (broad SMARTS) is 1. The number of amides is 2. The Labute approximate surface area is 122 Å². The molecular weight excluding hydrogens is 275 g/mol. The average Bonchev–Trinajstić information content (AvgIpc) is 2.70. The molecule has 0 radical (unpaired) electrons. The van der Waals surface area contributed by atoms with Crippen molar-refractivity contribution in [3.8, 4) is 0 Å². The molecule has 0 heterocycles. The van der Waals surface area contributed by atoms with Crippen molar-refractivity contribution in [2.45, 2.75) is 32.7 Å². The summed E-state index contributed by atoms with van der Waals surface area (Å²) in [6.07, 6.45) is 1.94. The zero-order valence-electron chi connectivity index (χ0n) is 12.0. The number of halogens is 1. The van der Waals surface area contributed by atoms with Gasteiger partial charge in [-0.05, 0) is 36.8 Å². The summed E-state index contributed by atoms with van der Waals surface area (Å²) >= 11 is 0. The Morgan fingerprint density at radius 2 is 2.00 bits per heavy atom. The van der Waals surface area contributed by atoms with Crippen LogP contribution in [0.4, 0.5) is 14.9 Å². The molecule has 114 valence electrons. The Morgan fingerprint density at radius 1 is 1.29 bits per heavy atom. The summed E-state index contributed by atoms with van der Waals surface area (Å²) in [5.41, 5.74) is -0.570. The molecule has 0 bridgehead atoms. The van der Waals surface area contributed by atoms with Crippen LogP contribution in [-0.2, 0) is 0 Å². The summed E-state index contributed by atoms with van der Waals surface area (Å²) in [6, 6.07) is 3.33. The highest BCUT2D eigenvalue weighted by molar-refractivity contribution is 6.00. The minimum Gasteiger partial charge on any atom is -0.478 e. The smallest absolute Gasteiger partial charge is 0.340 e. The first-order valence-corrected chi connectivity index (χ1v) is 6.99. The first-order chi connectivity index (χ1) is 9.90. The van der Waals surface area contributed by atoms with Gasteiger partial charge in [0.05, 0.1) is 5.69 Å². The van der Waals surface area contributed by atoms with Crippen molar-refractivity contribution in [3.05, 3.63) is 29.6 Å². The number of hydrogen-bond donors (Lipinski definition) is 3. The lowest BCUT2D eigenvalue weighted by atomic mass is 9.98. The number of carbonyl (C=O) groups is 2. The molecular formula is C15H19FN2O3. The lowest BCUT2D eigenvalue weighted by molar-refractivity contribution is 0.0693. The van der Waals surface area contributed by atoms with Gasteiger partial charge in [0, 0.05) is 6.04 Å². The van der Waals surface area contributed by atoms with Crippen LogP contribution in [-0.4, -0.2) is 23.1 Å². The molecule has 0 spiro atoms. The highest BCUT2D eigenvalue weighted by Gasteiger charge is 2.31. The van der Waals surface area contributed by atoms with Gasteiger partial charge in [-0.1, -0.05) is 19.9 Å². The van der Waals surface area contributed by atoms with Crippen molar-refractivity contribution < 1.29 is 19.1 Å². The quantitative estimate of drug-likeness (QED) is 0.801. The maximum Gasteiger partial charge on any atom is 0.340 e. The second-order valence-corrected chi connectivity index (χ2v) is 5.59. The summed E-state index contributed by atoms with van der Waals surface area (Å²) in [5, 5.41) is 14.3. The van der Waals surface area contributed by atoms with Crippen molar-refractivity contribution >= 4 is 17.7 Å². The van der Waals surface area contributed by atoms with E-state index in [1.54, 1.807) is 0 Å². The van der Waals surface area contributed by atoms with Crippen LogP contribution in [0.2, 0.25) is 0 Å². The maximum absolute atomic E-state index is 13.5. The van der Waals surface area contributed by atoms with Crippen LogP contribution < -0.4 is 10.6 Å². The van der Waals surface area contributed by atoms with Crippen molar-refractivity contribution in [2.24, 2.45) is 11.8 Å². The Balaban J connectivity index is 2.07. The molecule has 1 aromatic carbocycles. The van der Waals surface area contributed by atoms with Gasteiger partial charge in [-0.2, -0.15) is 0 Å². The van der Waals surface area contributed by atoms with Gasteiger partial charge in [0.2, 0.25) is 0 Å². The van der Waals surface area contributed by atoms with E-state index in [-0.39, 0.29) is 11.7 Å². The van der Waals surface area contributed by atoms with E-state index in [2.05, 4.69) is 24.5 Å². The first-order valence-electron chi connectivity index (χ1n) is 6.99. The van der Waals surface area contributed by atoms with Crippen LogP contribution in [0.1, 0.15) is 37.0 Å². The van der Waals surface area contributed by atoms with Gasteiger partial charge in [-0.15, -0.1) is 0 Å². The van der Waals surface area contributed by atoms with E-state index in [1.807, 2.05) is 0 Å². The van der Waals surface area contributed by atoms with Gasteiger partial charge in [-0.3, -0.25) is 0 Å². The molecule has 0 aromatic heterocycles. The van der Waals surface area contributed by atoms with Gasteiger partial charge >= 0.3 is 12.0 Å². The summed E-state index contributed by atoms with van der Waals surface area (Å²) in [4.78, 5) is 23.0. The van der Waals surface area contributed by atoms with Gasteiger partial charge in [0.25, 0.3) is 0 Å². The summed E-state index contributed by atoms with van der Waals surface area (Å²) in [7, 11) is 0. The van der Waals surface area contributed by atoms with Crippen molar-refractivity contribution in [3.63, 3.8) is 0 Å². The Morgan fingerprint density at radius 3 is 2.57 bits per heavy atom. The molecule has 2 rings (SSSR count). The fourth-order valence-corrected chi connectivity index (χ4v) is 2.74. The third-order valence-electron chi connectivity index (χ3n) is 4.26. The number of nitrogens with one attached hydrogen (secondary N) is 2. The topological polar surface area (TPSA) is 78.4 Å². The van der Waals surface area contributed by atoms with E-state index in [0.717, 1.165) is 18.9 Å². The monoisotopic (exact) mass is 294 g/mol. The summed E-state index contributed by atoms with van der Waals surface area (Å²) in [6.45, 7) is 4.22. The fourth-order valence-electron chi connectivity index (χ4n) is 2.74. The number of urea groups is 1. The predicted molar refractivity (Wildman–Crippen MR) is 76.9 cm³/mol. The number of carboxylic acids is 1. The lowest BCUT2D eigenvalue weighted by Gasteiger charge is -2.20. The molecule has 1 aromatic rings. The third-order valence-corrected chi connectivity index (χ3v) is 4.26. The zero-order chi connectivity index (χ0) is 15.6. The molecule has 3 N–H and O–H groups in total. The average molecular weight is 294 g/mol. The molecule has 0 aliphatic heterocycles. The minimum absolute atomic E-state index is 0.0429. The SMILES string of the molecule is CC1CCC(NC(=O)Nc2cccc(F)c2C(=O)O)C1C. The maximum atomic E-state index is 13.5. The van der Waals surface area contributed by atoms with Gasteiger partial charge in [0.1, 0.15) is 11.4 Å². The molecule has 3 atom stereocenters. The second kappa shape index (κ2) is 6.11. The van der Waals surface area contributed by atoms with Crippen molar-refractivity contribution in [1.82, 2.24) is 5.32 Å². The normalized spacial score (nSPS) is 24.6. The molecule has 1 fully saturated rings. The third kappa shape index (κ3) is 3.32. The highest BCUT2D eigenvalue weighted by atomic mass is 19.1. The van der Waals surface area contributed by atoms with E-state index >= 15 is 0 Å². The molecule has 1 aliphatic rings. The molecule has 3 unspecified atom stereocenters. The van der Waals surface area contributed by atoms with Gasteiger partial charge in [0.15, 0.2) is 0 Å². The molecule has 21 heavy (non-hydrogen) atoms. The molecule has 5 nitrogen and oxygen atoms in total. The van der Waals surface area contributed by atoms with Crippen LogP contribution in [0.25, 0.3) is 0 Å². The number of aromatic carboxylic acids is 1. The van der Waals surface area contributed by atoms with Crippen LogP contribution in [0, 0.1) is 17.7 Å². The van der Waals surface area contributed by atoms with E-state index in [1.165, 1.54) is 12.1 Å². The highest BCUT2D eigenvalue weighted by Crippen LogP contribution is 2.31. The Hall–Kier alpha value is -2.11. The Kier molecular flexibility index (Phi) is 4.45. The van der Waals surface area contributed by atoms with E-state index in [0.29, 0.717) is 11.8 Å². The second-order valence-electron chi connectivity index (χ2n) is 5.59. The van der Waals surface area contributed by atoms with E-state index in [4.69, 9.17) is 5.11 Å². The minimum atomic E-state index is -1.41. The summed E-state index contributed by atoms with van der Waals surface area (Å²) in [5.74, 6) is -1.38. The van der Waals surface area contributed by atoms with Crippen LogP contribution in [0.3, 0.4) is 0 Å². The van der Waals surface area contributed by atoms with Crippen LogP contribution in [0.5, 0.6) is 0 Å². The van der Waals surface area contributed by atoms with Gasteiger partial charge < -0.3 is 15.7 Å². The molecule has 2 amide bonds. The molecule has 0 saturated heterocycles. The number of carbonyl (C=O) groups excluding carboxylic acids is 1. The van der Waals surface area contributed by atoms with Gasteiger partial charge in [-0.25, -0.2) is 14.0 Å². The molecule has 1 saturated carbocycles. The van der Waals surface area contributed by atoms with E-state index in [9.17, 15) is 14.0 Å². The molecule has 1 aliphatic carbocycles. The predicted octanol–water partition coefficient (Wildman–Crippen LogP) is 3.08. The number of anilines is 1.